The van der Waals surface area contributed by atoms with Crippen molar-refractivity contribution in [3.05, 3.63) is 72.8 Å². The number of aryl methyl sites for hydroxylation is 1. The summed E-state index contributed by atoms with van der Waals surface area (Å²) in [6.07, 6.45) is 13.0. The summed E-state index contributed by atoms with van der Waals surface area (Å²) < 4.78 is 13.2. The van der Waals surface area contributed by atoms with E-state index in [9.17, 15) is 0 Å². The molecule has 2 N–H and O–H groups in total. The molecular formula is C25H32N4O2. The van der Waals surface area contributed by atoms with Crippen LogP contribution >= 0.6 is 0 Å². The molecular weight excluding hydrogens is 388 g/mol. The summed E-state index contributed by atoms with van der Waals surface area (Å²) in [6, 6.07) is 15.2. The lowest BCUT2D eigenvalue weighted by Crippen LogP contribution is -2.11. The second-order valence-electron chi connectivity index (χ2n) is 7.53. The highest BCUT2D eigenvalue weighted by Crippen LogP contribution is 2.18. The zero-order valence-corrected chi connectivity index (χ0v) is 18.2. The first-order valence-corrected chi connectivity index (χ1v) is 10.9. The van der Waals surface area contributed by atoms with Crippen LogP contribution < -0.4 is 14.8 Å². The molecule has 0 saturated heterocycles. The summed E-state index contributed by atoms with van der Waals surface area (Å²) in [6.45, 7) is 1.80. The first kappa shape index (κ1) is 22.4. The van der Waals surface area contributed by atoms with Gasteiger partial charge in [0.2, 0.25) is 0 Å². The van der Waals surface area contributed by atoms with Crippen LogP contribution in [-0.2, 0) is 6.54 Å². The molecule has 0 saturated carbocycles. The topological polar surface area (TPSA) is 72.2 Å². The van der Waals surface area contributed by atoms with Crippen LogP contribution in [0.15, 0.2) is 67.3 Å². The molecule has 3 aromatic rings. The molecule has 1 heterocycles. The molecule has 0 atom stereocenters. The van der Waals surface area contributed by atoms with E-state index in [1.165, 1.54) is 32.1 Å². The molecule has 2 aromatic carbocycles. The predicted octanol–water partition coefficient (Wildman–Crippen LogP) is 5.75. The Morgan fingerprint density at radius 3 is 2.48 bits per heavy atom. The Bertz CT molecular complexity index is 908. The van der Waals surface area contributed by atoms with Gasteiger partial charge in [0.05, 0.1) is 20.0 Å². The minimum absolute atomic E-state index is 0.331. The van der Waals surface area contributed by atoms with Crippen LogP contribution in [-0.4, -0.2) is 29.1 Å². The number of nitrogens with zero attached hydrogens (tertiary/aromatic N) is 2. The van der Waals surface area contributed by atoms with Crippen molar-refractivity contribution in [2.24, 2.45) is 0 Å². The van der Waals surface area contributed by atoms with Crippen LogP contribution in [0.5, 0.6) is 11.5 Å². The molecule has 0 bridgehead atoms. The van der Waals surface area contributed by atoms with Crippen LogP contribution in [0.25, 0.3) is 0 Å². The summed E-state index contributed by atoms with van der Waals surface area (Å²) in [5, 5.41) is 11.4. The molecule has 0 radical (unpaired) electrons. The molecule has 0 aliphatic rings. The molecule has 0 aliphatic carbocycles. The molecule has 0 fully saturated rings. The molecule has 0 aliphatic heterocycles. The van der Waals surface area contributed by atoms with E-state index in [0.29, 0.717) is 5.84 Å². The maximum atomic E-state index is 8.24. The number of unbranched alkanes of at least 4 members (excludes halogenated alkanes) is 5. The van der Waals surface area contributed by atoms with Crippen molar-refractivity contribution in [1.82, 2.24) is 9.55 Å². The Kier molecular flexibility index (Phi) is 8.98. The van der Waals surface area contributed by atoms with E-state index in [0.717, 1.165) is 42.3 Å². The van der Waals surface area contributed by atoms with Gasteiger partial charge in [-0.1, -0.05) is 37.8 Å². The van der Waals surface area contributed by atoms with Crippen molar-refractivity contribution in [3.8, 4) is 11.5 Å². The number of aromatic nitrogens is 2. The maximum Gasteiger partial charge on any atom is 0.130 e. The van der Waals surface area contributed by atoms with Gasteiger partial charge in [0.25, 0.3) is 0 Å². The molecule has 1 aromatic heterocycles. The normalized spacial score (nSPS) is 10.6. The molecule has 31 heavy (non-hydrogen) atoms. The van der Waals surface area contributed by atoms with Gasteiger partial charge in [-0.25, -0.2) is 4.98 Å². The van der Waals surface area contributed by atoms with Crippen molar-refractivity contribution in [3.63, 3.8) is 0 Å². The standard InChI is InChI=1S/C25H32N4O2/c1-30-24-10-8-9-21(19-24)25(26)28-22-11-13-23(14-12-22)31-18-7-5-3-2-4-6-16-29-17-15-27-20-29/h8-15,17,19-20H,2-7,16,18H2,1H3,(H2,26,28). The highest BCUT2D eigenvalue weighted by Gasteiger charge is 2.04. The Morgan fingerprint density at radius 2 is 1.74 bits per heavy atom. The van der Waals surface area contributed by atoms with E-state index >= 15 is 0 Å². The van der Waals surface area contributed by atoms with Gasteiger partial charge in [-0.2, -0.15) is 0 Å². The highest BCUT2D eigenvalue weighted by molar-refractivity contribution is 6.06. The fraction of sp³-hybridized carbons (Fsp3) is 0.360. The van der Waals surface area contributed by atoms with Crippen LogP contribution in [0, 0.1) is 5.41 Å². The Balaban J connectivity index is 1.27. The summed E-state index contributed by atoms with van der Waals surface area (Å²) in [5.41, 5.74) is 1.64. The minimum Gasteiger partial charge on any atom is -0.497 e. The molecule has 0 unspecified atom stereocenters. The molecule has 6 heteroatoms. The molecule has 164 valence electrons. The van der Waals surface area contributed by atoms with Gasteiger partial charge in [-0.05, 0) is 49.2 Å². The average molecular weight is 421 g/mol. The van der Waals surface area contributed by atoms with Crippen LogP contribution in [0.1, 0.15) is 44.1 Å². The van der Waals surface area contributed by atoms with Crippen molar-refractivity contribution >= 4 is 11.5 Å². The number of benzene rings is 2. The van der Waals surface area contributed by atoms with Gasteiger partial charge in [0, 0.05) is 30.2 Å². The number of hydrogen-bond acceptors (Lipinski definition) is 4. The zero-order valence-electron chi connectivity index (χ0n) is 18.2. The van der Waals surface area contributed by atoms with Crippen molar-refractivity contribution in [2.45, 2.75) is 45.1 Å². The average Bonchev–Trinajstić information content (AvgIpc) is 3.32. The van der Waals surface area contributed by atoms with E-state index in [1.54, 1.807) is 7.11 Å². The number of hydrogen-bond donors (Lipinski definition) is 2. The first-order chi connectivity index (χ1) is 15.2. The lowest BCUT2D eigenvalue weighted by Gasteiger charge is -2.11. The molecule has 3 rings (SSSR count). The van der Waals surface area contributed by atoms with Crippen molar-refractivity contribution in [2.75, 3.05) is 19.0 Å². The highest BCUT2D eigenvalue weighted by atomic mass is 16.5. The third kappa shape index (κ3) is 7.81. The van der Waals surface area contributed by atoms with Crippen LogP contribution in [0.3, 0.4) is 0 Å². The Labute approximate surface area is 184 Å². The molecule has 6 nitrogen and oxygen atoms in total. The third-order valence-electron chi connectivity index (χ3n) is 5.12. The summed E-state index contributed by atoms with van der Waals surface area (Å²) in [7, 11) is 1.62. The minimum atomic E-state index is 0.331. The second kappa shape index (κ2) is 12.4. The summed E-state index contributed by atoms with van der Waals surface area (Å²) in [5.74, 6) is 1.93. The molecule has 0 spiro atoms. The fourth-order valence-electron chi connectivity index (χ4n) is 3.34. The largest absolute Gasteiger partial charge is 0.497 e. The van der Waals surface area contributed by atoms with E-state index in [-0.39, 0.29) is 0 Å². The van der Waals surface area contributed by atoms with Crippen molar-refractivity contribution < 1.29 is 9.47 Å². The van der Waals surface area contributed by atoms with Crippen LogP contribution in [0.4, 0.5) is 5.69 Å². The lowest BCUT2D eigenvalue weighted by atomic mass is 10.1. The Hall–Kier alpha value is -3.28. The number of rotatable bonds is 13. The number of imidazole rings is 1. The van der Waals surface area contributed by atoms with Gasteiger partial charge >= 0.3 is 0 Å². The van der Waals surface area contributed by atoms with E-state index in [1.807, 2.05) is 67.3 Å². The first-order valence-electron chi connectivity index (χ1n) is 10.9. The lowest BCUT2D eigenvalue weighted by molar-refractivity contribution is 0.304. The SMILES string of the molecule is COc1cccc(C(=N)Nc2ccc(OCCCCCCCCn3ccnc3)cc2)c1. The number of anilines is 1. The summed E-state index contributed by atoms with van der Waals surface area (Å²) >= 11 is 0. The Morgan fingerprint density at radius 1 is 0.968 bits per heavy atom. The van der Waals surface area contributed by atoms with Gasteiger partial charge in [0.15, 0.2) is 0 Å². The number of methoxy groups -OCH3 is 1. The molecule has 0 amide bonds. The second-order valence-corrected chi connectivity index (χ2v) is 7.53. The maximum absolute atomic E-state index is 8.24. The van der Waals surface area contributed by atoms with Gasteiger partial charge in [-0.15, -0.1) is 0 Å². The van der Waals surface area contributed by atoms with E-state index in [4.69, 9.17) is 14.9 Å². The van der Waals surface area contributed by atoms with Crippen LogP contribution in [0.2, 0.25) is 0 Å². The number of ether oxygens (including phenoxy) is 2. The number of amidine groups is 1. The van der Waals surface area contributed by atoms with Gasteiger partial charge in [0.1, 0.15) is 17.3 Å². The predicted molar refractivity (Wildman–Crippen MR) is 125 cm³/mol. The smallest absolute Gasteiger partial charge is 0.130 e. The van der Waals surface area contributed by atoms with E-state index < -0.39 is 0 Å². The monoisotopic (exact) mass is 420 g/mol. The van der Waals surface area contributed by atoms with Gasteiger partial charge in [-0.3, -0.25) is 5.41 Å². The number of nitrogens with one attached hydrogen (secondary N) is 2. The van der Waals surface area contributed by atoms with Gasteiger partial charge < -0.3 is 19.4 Å². The summed E-state index contributed by atoms with van der Waals surface area (Å²) in [4.78, 5) is 4.06. The van der Waals surface area contributed by atoms with E-state index in [2.05, 4.69) is 14.9 Å². The van der Waals surface area contributed by atoms with Crippen molar-refractivity contribution in [1.29, 1.82) is 5.41 Å². The quantitative estimate of drug-likeness (QED) is 0.210. The fourth-order valence-corrected chi connectivity index (χ4v) is 3.34. The zero-order chi connectivity index (χ0) is 21.7. The third-order valence-corrected chi connectivity index (χ3v) is 5.12.